The number of nitro groups is 1. The Morgan fingerprint density at radius 1 is 1.29 bits per heavy atom. The molecule has 3 rings (SSSR count). The van der Waals surface area contributed by atoms with Crippen molar-refractivity contribution in [3.8, 4) is 16.3 Å². The van der Waals surface area contributed by atoms with Crippen molar-refractivity contribution in [2.75, 3.05) is 13.6 Å². The van der Waals surface area contributed by atoms with Gasteiger partial charge < -0.3 is 5.32 Å². The van der Waals surface area contributed by atoms with Gasteiger partial charge in [0, 0.05) is 24.2 Å². The molecular formula is C17H19N4O2S+. The first-order valence-electron chi connectivity index (χ1n) is 7.84. The molecule has 1 aromatic carbocycles. The maximum Gasteiger partial charge on any atom is 0.269 e. The van der Waals surface area contributed by atoms with E-state index in [2.05, 4.69) is 24.5 Å². The van der Waals surface area contributed by atoms with E-state index >= 15 is 0 Å². The summed E-state index contributed by atoms with van der Waals surface area (Å²) in [6.45, 7) is 1.06. The van der Waals surface area contributed by atoms with Crippen molar-refractivity contribution in [3.05, 3.63) is 63.7 Å². The predicted octanol–water partition coefficient (Wildman–Crippen LogP) is 2.63. The smallest absolute Gasteiger partial charge is 0.269 e. The summed E-state index contributed by atoms with van der Waals surface area (Å²) in [5, 5.41) is 19.7. The van der Waals surface area contributed by atoms with Crippen LogP contribution in [-0.2, 0) is 6.42 Å². The standard InChI is InChI=1S/C17H18N4O2S/c1-18-10-2-4-15-12-16(17-5-3-11-24-17)19-20(15)13-6-8-14(9-7-13)21(22)23/h3,5-9,11-12,18H,2,4,10H2,1H3/p+1. The van der Waals surface area contributed by atoms with Crippen LogP contribution in [0.15, 0.2) is 47.8 Å². The Morgan fingerprint density at radius 3 is 2.71 bits per heavy atom. The molecule has 0 fully saturated rings. The number of nitrogens with two attached hydrogens (primary N) is 1. The molecule has 0 saturated carbocycles. The highest BCUT2D eigenvalue weighted by molar-refractivity contribution is 7.13. The lowest BCUT2D eigenvalue weighted by atomic mass is 10.2. The van der Waals surface area contributed by atoms with Crippen molar-refractivity contribution < 1.29 is 10.2 Å². The molecule has 2 aromatic heterocycles. The summed E-state index contributed by atoms with van der Waals surface area (Å²) in [6, 6.07) is 12.7. The third-order valence-electron chi connectivity index (χ3n) is 3.79. The van der Waals surface area contributed by atoms with Crippen LogP contribution >= 0.6 is 11.3 Å². The molecule has 0 bridgehead atoms. The van der Waals surface area contributed by atoms with Crippen LogP contribution in [0.4, 0.5) is 5.69 Å². The molecule has 3 aromatic rings. The van der Waals surface area contributed by atoms with Crippen LogP contribution in [-0.4, -0.2) is 28.3 Å². The number of nitro benzene ring substituents is 1. The zero-order valence-electron chi connectivity index (χ0n) is 13.4. The van der Waals surface area contributed by atoms with E-state index in [9.17, 15) is 10.1 Å². The second-order valence-electron chi connectivity index (χ2n) is 5.48. The van der Waals surface area contributed by atoms with Gasteiger partial charge in [-0.1, -0.05) is 6.07 Å². The normalized spacial score (nSPS) is 10.9. The number of hydrogen-bond donors (Lipinski definition) is 1. The van der Waals surface area contributed by atoms with E-state index in [0.717, 1.165) is 41.3 Å². The van der Waals surface area contributed by atoms with Gasteiger partial charge in [-0.05, 0) is 36.1 Å². The molecule has 7 heteroatoms. The highest BCUT2D eigenvalue weighted by Crippen LogP contribution is 2.26. The van der Waals surface area contributed by atoms with Crippen LogP contribution in [0.2, 0.25) is 0 Å². The first-order valence-corrected chi connectivity index (χ1v) is 8.72. The molecule has 24 heavy (non-hydrogen) atoms. The Morgan fingerprint density at radius 2 is 2.08 bits per heavy atom. The number of aromatic nitrogens is 2. The number of quaternary nitrogens is 1. The first kappa shape index (κ1) is 16.4. The Balaban J connectivity index is 1.95. The van der Waals surface area contributed by atoms with E-state index < -0.39 is 0 Å². The van der Waals surface area contributed by atoms with Crippen LogP contribution < -0.4 is 5.32 Å². The van der Waals surface area contributed by atoms with E-state index in [1.54, 1.807) is 23.5 Å². The largest absolute Gasteiger partial charge is 0.349 e. The van der Waals surface area contributed by atoms with Crippen LogP contribution in [0, 0.1) is 10.1 Å². The molecule has 0 saturated heterocycles. The Labute approximate surface area is 143 Å². The number of benzene rings is 1. The van der Waals surface area contributed by atoms with E-state index in [0.29, 0.717) is 0 Å². The summed E-state index contributed by atoms with van der Waals surface area (Å²) < 4.78 is 1.90. The van der Waals surface area contributed by atoms with E-state index in [-0.39, 0.29) is 10.6 Å². The molecule has 0 aliphatic heterocycles. The summed E-state index contributed by atoms with van der Waals surface area (Å²) in [5.41, 5.74) is 3.00. The van der Waals surface area contributed by atoms with Gasteiger partial charge in [-0.2, -0.15) is 5.10 Å². The van der Waals surface area contributed by atoms with Crippen molar-refractivity contribution >= 4 is 17.0 Å². The SMILES string of the molecule is C[NH2+]CCCc1cc(-c2cccs2)nn1-c1ccc([N+](=O)[O-])cc1. The van der Waals surface area contributed by atoms with Crippen LogP contribution in [0.5, 0.6) is 0 Å². The average molecular weight is 343 g/mol. The third-order valence-corrected chi connectivity index (χ3v) is 4.68. The molecule has 6 nitrogen and oxygen atoms in total. The van der Waals surface area contributed by atoms with Crippen molar-refractivity contribution in [2.45, 2.75) is 12.8 Å². The van der Waals surface area contributed by atoms with Gasteiger partial charge in [0.1, 0.15) is 5.69 Å². The summed E-state index contributed by atoms with van der Waals surface area (Å²) in [7, 11) is 2.06. The number of non-ortho nitro benzene ring substituents is 1. The van der Waals surface area contributed by atoms with Gasteiger partial charge in [0.25, 0.3) is 5.69 Å². The van der Waals surface area contributed by atoms with Crippen LogP contribution in [0.25, 0.3) is 16.3 Å². The maximum absolute atomic E-state index is 10.8. The molecule has 2 heterocycles. The predicted molar refractivity (Wildman–Crippen MR) is 94.6 cm³/mol. The van der Waals surface area contributed by atoms with Crippen molar-refractivity contribution in [1.29, 1.82) is 0 Å². The molecule has 0 aliphatic rings. The van der Waals surface area contributed by atoms with E-state index in [4.69, 9.17) is 5.10 Å². The third kappa shape index (κ3) is 3.52. The molecule has 0 atom stereocenters. The lowest BCUT2D eigenvalue weighted by Crippen LogP contribution is -2.79. The Kier molecular flexibility index (Phi) is 5.02. The van der Waals surface area contributed by atoms with Crippen molar-refractivity contribution in [2.24, 2.45) is 0 Å². The minimum absolute atomic E-state index is 0.0894. The molecule has 0 amide bonds. The number of nitrogens with zero attached hydrogens (tertiary/aromatic N) is 3. The molecule has 0 unspecified atom stereocenters. The van der Waals surface area contributed by atoms with Gasteiger partial charge in [0.15, 0.2) is 0 Å². The molecule has 2 N–H and O–H groups in total. The van der Waals surface area contributed by atoms with Gasteiger partial charge in [0.05, 0.1) is 29.1 Å². The summed E-state index contributed by atoms with van der Waals surface area (Å²) in [6.07, 6.45) is 1.97. The molecule has 0 aliphatic carbocycles. The minimum Gasteiger partial charge on any atom is -0.349 e. The maximum atomic E-state index is 10.8. The molecular weight excluding hydrogens is 324 g/mol. The summed E-state index contributed by atoms with van der Waals surface area (Å²) in [4.78, 5) is 11.6. The lowest BCUT2D eigenvalue weighted by molar-refractivity contribution is -0.627. The highest BCUT2D eigenvalue weighted by atomic mass is 32.1. The zero-order chi connectivity index (χ0) is 16.9. The second kappa shape index (κ2) is 7.37. The number of thiophene rings is 1. The van der Waals surface area contributed by atoms with Gasteiger partial charge in [-0.25, -0.2) is 4.68 Å². The Hall–Kier alpha value is -2.51. The summed E-state index contributed by atoms with van der Waals surface area (Å²) >= 11 is 1.66. The quantitative estimate of drug-likeness (QED) is 0.407. The fourth-order valence-electron chi connectivity index (χ4n) is 2.57. The molecule has 124 valence electrons. The molecule has 0 radical (unpaired) electrons. The topological polar surface area (TPSA) is 77.6 Å². The summed E-state index contributed by atoms with van der Waals surface area (Å²) in [5.74, 6) is 0. The number of rotatable bonds is 7. The monoisotopic (exact) mass is 343 g/mol. The fraction of sp³-hybridized carbons (Fsp3) is 0.235. The lowest BCUT2D eigenvalue weighted by Gasteiger charge is -2.06. The van der Waals surface area contributed by atoms with Crippen LogP contribution in [0.3, 0.4) is 0 Å². The number of aryl methyl sites for hydroxylation is 1. The van der Waals surface area contributed by atoms with Crippen molar-refractivity contribution in [1.82, 2.24) is 9.78 Å². The van der Waals surface area contributed by atoms with Crippen molar-refractivity contribution in [3.63, 3.8) is 0 Å². The zero-order valence-corrected chi connectivity index (χ0v) is 14.2. The fourth-order valence-corrected chi connectivity index (χ4v) is 3.25. The highest BCUT2D eigenvalue weighted by Gasteiger charge is 2.13. The first-order chi connectivity index (χ1) is 11.7. The van der Waals surface area contributed by atoms with Gasteiger partial charge in [-0.15, -0.1) is 11.3 Å². The van der Waals surface area contributed by atoms with Crippen LogP contribution in [0.1, 0.15) is 12.1 Å². The average Bonchev–Trinajstić information content (AvgIpc) is 3.25. The minimum atomic E-state index is -0.387. The van der Waals surface area contributed by atoms with Gasteiger partial charge in [0.2, 0.25) is 0 Å². The second-order valence-corrected chi connectivity index (χ2v) is 6.43. The molecule has 0 spiro atoms. The van der Waals surface area contributed by atoms with E-state index in [1.807, 2.05) is 16.1 Å². The van der Waals surface area contributed by atoms with Gasteiger partial charge >= 0.3 is 0 Å². The van der Waals surface area contributed by atoms with Gasteiger partial charge in [-0.3, -0.25) is 10.1 Å². The van der Waals surface area contributed by atoms with E-state index in [1.165, 1.54) is 12.1 Å². The number of hydrogen-bond acceptors (Lipinski definition) is 4. The Bertz CT molecular complexity index is 810.